The fourth-order valence-corrected chi connectivity index (χ4v) is 3.43. The summed E-state index contributed by atoms with van der Waals surface area (Å²) in [6, 6.07) is 1.45. The lowest BCUT2D eigenvalue weighted by molar-refractivity contribution is 0.0952. The van der Waals surface area contributed by atoms with Gasteiger partial charge in [0.15, 0.2) is 0 Å². The molecule has 1 unspecified atom stereocenters. The minimum Gasteiger partial charge on any atom is -0.352 e. The van der Waals surface area contributed by atoms with E-state index < -0.39 is 11.2 Å². The predicted octanol–water partition coefficient (Wildman–Crippen LogP) is 0.853. The predicted molar refractivity (Wildman–Crippen MR) is 99.4 cm³/mol. The zero-order valence-electron chi connectivity index (χ0n) is 15.0. The summed E-state index contributed by atoms with van der Waals surface area (Å²) in [4.78, 5) is 46.3. The molecule has 1 aliphatic rings. The molecular formula is C18H25N5O3. The maximum atomic E-state index is 12.2. The number of likely N-dealkylation sites (tertiary alicyclic amines) is 1. The highest BCUT2D eigenvalue weighted by molar-refractivity contribution is 5.96. The van der Waals surface area contributed by atoms with E-state index in [-0.39, 0.29) is 16.9 Å². The van der Waals surface area contributed by atoms with Gasteiger partial charge < -0.3 is 10.2 Å². The summed E-state index contributed by atoms with van der Waals surface area (Å²) in [6.07, 6.45) is 5.91. The Hall–Kier alpha value is -2.48. The molecule has 0 aromatic carbocycles. The van der Waals surface area contributed by atoms with Crippen molar-refractivity contribution in [3.8, 4) is 0 Å². The largest absolute Gasteiger partial charge is 0.352 e. The number of H-pyrrole nitrogens is 2. The van der Waals surface area contributed by atoms with E-state index in [2.05, 4.69) is 32.1 Å². The number of aromatic nitrogens is 3. The highest BCUT2D eigenvalue weighted by Crippen LogP contribution is 2.15. The van der Waals surface area contributed by atoms with Crippen molar-refractivity contribution >= 4 is 16.9 Å². The van der Waals surface area contributed by atoms with Gasteiger partial charge in [-0.25, -0.2) is 9.78 Å². The minimum absolute atomic E-state index is 0.172. The van der Waals surface area contributed by atoms with Crippen molar-refractivity contribution in [3.05, 3.63) is 38.7 Å². The monoisotopic (exact) mass is 359 g/mol. The molecule has 140 valence electrons. The Labute approximate surface area is 151 Å². The summed E-state index contributed by atoms with van der Waals surface area (Å²) in [5, 5.41) is 3.05. The molecule has 0 aliphatic carbocycles. The van der Waals surface area contributed by atoms with Gasteiger partial charge in [0.25, 0.3) is 11.5 Å². The van der Waals surface area contributed by atoms with Gasteiger partial charge in [0, 0.05) is 19.3 Å². The summed E-state index contributed by atoms with van der Waals surface area (Å²) >= 11 is 0. The molecule has 1 amide bonds. The van der Waals surface area contributed by atoms with Crippen LogP contribution in [-0.4, -0.2) is 51.9 Å². The molecule has 1 fully saturated rings. The molecule has 1 atom stereocenters. The Morgan fingerprint density at radius 1 is 1.35 bits per heavy atom. The van der Waals surface area contributed by atoms with Crippen molar-refractivity contribution in [1.29, 1.82) is 0 Å². The first kappa shape index (κ1) is 18.3. The first-order valence-corrected chi connectivity index (χ1v) is 9.16. The van der Waals surface area contributed by atoms with E-state index >= 15 is 0 Å². The molecule has 2 aromatic rings. The fraction of sp³-hybridized carbons (Fsp3) is 0.556. The SMILES string of the molecule is CC1CCCN(CCCCNC(=O)c2cnc3[nH]c(=O)[nH]c(=O)c3c2)C1. The Kier molecular flexibility index (Phi) is 5.82. The standard InChI is InChI=1S/C18H25N5O3/c1-12-5-4-8-23(11-12)7-3-2-6-19-16(24)13-9-14-15(20-10-13)21-18(26)22-17(14)25/h9-10,12H,2-8,11H2,1H3,(H,19,24)(H2,20,21,22,25,26). The molecular weight excluding hydrogens is 334 g/mol. The van der Waals surface area contributed by atoms with E-state index in [0.29, 0.717) is 12.1 Å². The first-order valence-electron chi connectivity index (χ1n) is 9.16. The molecule has 3 rings (SSSR count). The van der Waals surface area contributed by atoms with E-state index in [9.17, 15) is 14.4 Å². The van der Waals surface area contributed by atoms with Crippen LogP contribution in [0.4, 0.5) is 0 Å². The summed E-state index contributed by atoms with van der Waals surface area (Å²) in [5.41, 5.74) is -0.692. The van der Waals surface area contributed by atoms with Gasteiger partial charge in [0.2, 0.25) is 0 Å². The lowest BCUT2D eigenvalue weighted by Gasteiger charge is -2.30. The van der Waals surface area contributed by atoms with Gasteiger partial charge >= 0.3 is 5.69 Å². The summed E-state index contributed by atoms with van der Waals surface area (Å²) < 4.78 is 0. The number of piperidine rings is 1. The van der Waals surface area contributed by atoms with E-state index in [4.69, 9.17) is 0 Å². The second-order valence-electron chi connectivity index (χ2n) is 7.04. The molecule has 0 bridgehead atoms. The number of carbonyl (C=O) groups excluding carboxylic acids is 1. The van der Waals surface area contributed by atoms with Crippen molar-refractivity contribution in [2.24, 2.45) is 5.92 Å². The lowest BCUT2D eigenvalue weighted by atomic mass is 10.0. The molecule has 26 heavy (non-hydrogen) atoms. The van der Waals surface area contributed by atoms with Crippen molar-refractivity contribution in [2.75, 3.05) is 26.2 Å². The first-order chi connectivity index (χ1) is 12.5. The third-order valence-corrected chi connectivity index (χ3v) is 4.78. The van der Waals surface area contributed by atoms with Crippen LogP contribution in [-0.2, 0) is 0 Å². The van der Waals surface area contributed by atoms with Crippen LogP contribution in [0.15, 0.2) is 21.9 Å². The molecule has 1 aliphatic heterocycles. The van der Waals surface area contributed by atoms with Crippen LogP contribution in [0.3, 0.4) is 0 Å². The summed E-state index contributed by atoms with van der Waals surface area (Å²) in [6.45, 7) is 6.30. The van der Waals surface area contributed by atoms with Crippen molar-refractivity contribution in [3.63, 3.8) is 0 Å². The van der Waals surface area contributed by atoms with Crippen LogP contribution in [0.5, 0.6) is 0 Å². The van der Waals surface area contributed by atoms with Gasteiger partial charge in [-0.2, -0.15) is 0 Å². The molecule has 8 heteroatoms. The van der Waals surface area contributed by atoms with Crippen molar-refractivity contribution < 1.29 is 4.79 Å². The Morgan fingerprint density at radius 2 is 2.19 bits per heavy atom. The van der Waals surface area contributed by atoms with Crippen LogP contribution >= 0.6 is 0 Å². The maximum absolute atomic E-state index is 12.2. The number of nitrogens with one attached hydrogen (secondary N) is 3. The second-order valence-corrected chi connectivity index (χ2v) is 7.04. The van der Waals surface area contributed by atoms with Crippen LogP contribution in [0.25, 0.3) is 11.0 Å². The van der Waals surface area contributed by atoms with Gasteiger partial charge in [-0.1, -0.05) is 6.92 Å². The lowest BCUT2D eigenvalue weighted by Crippen LogP contribution is -2.35. The molecule has 1 saturated heterocycles. The number of aromatic amines is 2. The van der Waals surface area contributed by atoms with Crippen LogP contribution < -0.4 is 16.6 Å². The number of unbranched alkanes of at least 4 members (excludes halogenated alkanes) is 1. The maximum Gasteiger partial charge on any atom is 0.327 e. The van der Waals surface area contributed by atoms with Gasteiger partial charge in [-0.15, -0.1) is 0 Å². The number of amides is 1. The van der Waals surface area contributed by atoms with Crippen LogP contribution in [0, 0.1) is 5.92 Å². The smallest absolute Gasteiger partial charge is 0.327 e. The Bertz CT molecular complexity index is 888. The number of pyridine rings is 1. The molecule has 0 radical (unpaired) electrons. The topological polar surface area (TPSA) is 111 Å². The third-order valence-electron chi connectivity index (χ3n) is 4.78. The number of rotatable bonds is 6. The number of nitrogens with zero attached hydrogens (tertiary/aromatic N) is 2. The number of carbonyl (C=O) groups is 1. The van der Waals surface area contributed by atoms with E-state index in [1.54, 1.807) is 0 Å². The molecule has 3 N–H and O–H groups in total. The van der Waals surface area contributed by atoms with Crippen molar-refractivity contribution in [1.82, 2.24) is 25.2 Å². The zero-order valence-corrected chi connectivity index (χ0v) is 15.0. The van der Waals surface area contributed by atoms with Gasteiger partial charge in [0.05, 0.1) is 10.9 Å². The van der Waals surface area contributed by atoms with Crippen molar-refractivity contribution in [2.45, 2.75) is 32.6 Å². The fourth-order valence-electron chi connectivity index (χ4n) is 3.43. The number of fused-ring (bicyclic) bond motifs is 1. The molecule has 8 nitrogen and oxygen atoms in total. The highest BCUT2D eigenvalue weighted by Gasteiger charge is 2.15. The summed E-state index contributed by atoms with van der Waals surface area (Å²) in [7, 11) is 0. The molecule has 0 spiro atoms. The average molecular weight is 359 g/mol. The average Bonchev–Trinajstić information content (AvgIpc) is 2.61. The number of hydrogen-bond donors (Lipinski definition) is 3. The van der Waals surface area contributed by atoms with Gasteiger partial charge in [-0.3, -0.25) is 19.6 Å². The van der Waals surface area contributed by atoms with E-state index in [1.165, 1.54) is 38.2 Å². The zero-order chi connectivity index (χ0) is 18.5. The quantitative estimate of drug-likeness (QED) is 0.662. The molecule has 3 heterocycles. The molecule has 2 aromatic heterocycles. The minimum atomic E-state index is -0.615. The van der Waals surface area contributed by atoms with Gasteiger partial charge in [0.1, 0.15) is 5.65 Å². The Morgan fingerprint density at radius 3 is 3.00 bits per heavy atom. The van der Waals surface area contributed by atoms with Crippen LogP contribution in [0.1, 0.15) is 43.0 Å². The second kappa shape index (κ2) is 8.27. The molecule has 0 saturated carbocycles. The normalized spacial score (nSPS) is 18.1. The van der Waals surface area contributed by atoms with E-state index in [0.717, 1.165) is 25.3 Å². The van der Waals surface area contributed by atoms with Crippen LogP contribution in [0.2, 0.25) is 0 Å². The number of hydrogen-bond acceptors (Lipinski definition) is 5. The summed E-state index contributed by atoms with van der Waals surface area (Å²) in [5.74, 6) is 0.513. The third kappa shape index (κ3) is 4.57. The Balaban J connectivity index is 1.48. The highest BCUT2D eigenvalue weighted by atomic mass is 16.2. The van der Waals surface area contributed by atoms with Gasteiger partial charge in [-0.05, 0) is 50.8 Å². The van der Waals surface area contributed by atoms with E-state index in [1.807, 2.05) is 0 Å².